The maximum Gasteiger partial charge on any atom is 0.217 e. The van der Waals surface area contributed by atoms with Gasteiger partial charge in [0.15, 0.2) is 12.0 Å². The van der Waals surface area contributed by atoms with Crippen molar-refractivity contribution < 1.29 is 13.9 Å². The van der Waals surface area contributed by atoms with Crippen molar-refractivity contribution in [2.45, 2.75) is 18.6 Å². The first-order valence-electron chi connectivity index (χ1n) is 8.01. The minimum Gasteiger partial charge on any atom is -0.381 e. The van der Waals surface area contributed by atoms with E-state index in [0.717, 1.165) is 5.56 Å². The van der Waals surface area contributed by atoms with Crippen LogP contribution in [-0.2, 0) is 4.74 Å². The Morgan fingerprint density at radius 2 is 1.96 bits per heavy atom. The molecule has 1 aliphatic carbocycles. The number of hydrogen-bond donors (Lipinski definition) is 0. The first-order chi connectivity index (χ1) is 11.2. The van der Waals surface area contributed by atoms with Crippen LogP contribution in [-0.4, -0.2) is 33.8 Å². The molecule has 0 spiro atoms. The highest BCUT2D eigenvalue weighted by molar-refractivity contribution is 5.97. The third-order valence-corrected chi connectivity index (χ3v) is 5.32. The highest BCUT2D eigenvalue weighted by atomic mass is 19.1. The van der Waals surface area contributed by atoms with Gasteiger partial charge in [0.2, 0.25) is 11.6 Å². The van der Waals surface area contributed by atoms with Crippen molar-refractivity contribution in [1.29, 1.82) is 0 Å². The topological polar surface area (TPSA) is 57.0 Å². The van der Waals surface area contributed by atoms with Crippen LogP contribution in [0.15, 0.2) is 30.3 Å². The summed E-state index contributed by atoms with van der Waals surface area (Å²) < 4.78 is 21.2. The number of fused-ring (bicyclic) bond motifs is 2. The summed E-state index contributed by atoms with van der Waals surface area (Å²) in [5.74, 6) is 0.995. The van der Waals surface area contributed by atoms with Gasteiger partial charge in [-0.05, 0) is 17.4 Å². The molecule has 0 amide bonds. The molecule has 1 saturated heterocycles. The molecule has 1 aromatic carbocycles. The lowest BCUT2D eigenvalue weighted by Gasteiger charge is -2.11. The second-order valence-electron chi connectivity index (χ2n) is 6.62. The predicted octanol–water partition coefficient (Wildman–Crippen LogP) is 2.36. The summed E-state index contributed by atoms with van der Waals surface area (Å²) in [7, 11) is 0. The highest BCUT2D eigenvalue weighted by Gasteiger charge is 2.58. The largest absolute Gasteiger partial charge is 0.381 e. The van der Waals surface area contributed by atoms with E-state index in [1.54, 1.807) is 4.68 Å². The molecule has 0 N–H and O–H groups in total. The molecule has 6 heteroatoms. The van der Waals surface area contributed by atoms with Crippen LogP contribution < -0.4 is 0 Å². The minimum absolute atomic E-state index is 0.0277. The number of hydrogen-bond acceptors (Lipinski definition) is 4. The number of ketones is 1. The van der Waals surface area contributed by atoms with Gasteiger partial charge in [-0.2, -0.15) is 0 Å². The lowest BCUT2D eigenvalue weighted by Crippen LogP contribution is -2.14. The van der Waals surface area contributed by atoms with Gasteiger partial charge in [0.1, 0.15) is 0 Å². The first kappa shape index (κ1) is 13.4. The van der Waals surface area contributed by atoms with Gasteiger partial charge in [0.25, 0.3) is 0 Å². The summed E-state index contributed by atoms with van der Waals surface area (Å²) in [6, 6.07) is 9.51. The molecule has 3 heterocycles. The van der Waals surface area contributed by atoms with Crippen LogP contribution in [0.25, 0.3) is 0 Å². The summed E-state index contributed by atoms with van der Waals surface area (Å²) in [5.41, 5.74) is 0.995. The van der Waals surface area contributed by atoms with E-state index in [-0.39, 0.29) is 29.4 Å². The number of rotatable bonds is 3. The number of benzene rings is 1. The van der Waals surface area contributed by atoms with E-state index in [2.05, 4.69) is 10.1 Å². The lowest BCUT2D eigenvalue weighted by atomic mass is 10.0. The number of nitrogens with zero attached hydrogens (tertiary/aromatic N) is 3. The van der Waals surface area contributed by atoms with Crippen molar-refractivity contribution >= 4 is 5.78 Å². The number of alkyl halides is 1. The zero-order valence-corrected chi connectivity index (χ0v) is 12.4. The maximum atomic E-state index is 14.3. The van der Waals surface area contributed by atoms with Gasteiger partial charge < -0.3 is 4.74 Å². The number of halogens is 1. The number of aromatic nitrogens is 3. The smallest absolute Gasteiger partial charge is 0.217 e. The summed E-state index contributed by atoms with van der Waals surface area (Å²) >= 11 is 0. The molecule has 3 aliphatic rings. The fourth-order valence-corrected chi connectivity index (χ4v) is 4.01. The molecule has 2 aromatic rings. The van der Waals surface area contributed by atoms with Gasteiger partial charge in [-0.25, -0.2) is 14.1 Å². The normalized spacial score (nSPS) is 34.2. The molecule has 118 valence electrons. The van der Waals surface area contributed by atoms with E-state index in [4.69, 9.17) is 4.74 Å². The van der Waals surface area contributed by atoms with Crippen LogP contribution in [0.1, 0.15) is 40.6 Å². The second kappa shape index (κ2) is 4.71. The van der Waals surface area contributed by atoms with Crippen molar-refractivity contribution in [3.8, 4) is 0 Å². The SMILES string of the molecule is O=C(c1nc2n(n1)C(c1ccccc1)CC2F)C1C2COCC21. The number of ether oxygens (including phenoxy) is 1. The van der Waals surface area contributed by atoms with E-state index in [0.29, 0.717) is 31.5 Å². The molecular formula is C17H16FN3O2. The Labute approximate surface area is 132 Å². The monoisotopic (exact) mass is 313 g/mol. The van der Waals surface area contributed by atoms with Crippen LogP contribution in [0.4, 0.5) is 4.39 Å². The first-order valence-corrected chi connectivity index (χ1v) is 8.01. The van der Waals surface area contributed by atoms with E-state index in [9.17, 15) is 9.18 Å². The van der Waals surface area contributed by atoms with Gasteiger partial charge in [0, 0.05) is 12.3 Å². The van der Waals surface area contributed by atoms with E-state index in [1.807, 2.05) is 30.3 Å². The third-order valence-electron chi connectivity index (χ3n) is 5.32. The number of Topliss-reactive ketones (excluding diaryl/α,β-unsaturated/α-hetero) is 1. The summed E-state index contributed by atoms with van der Waals surface area (Å²) in [4.78, 5) is 16.8. The number of carbonyl (C=O) groups is 1. The van der Waals surface area contributed by atoms with Gasteiger partial charge in [-0.3, -0.25) is 4.79 Å². The van der Waals surface area contributed by atoms with Crippen LogP contribution >= 0.6 is 0 Å². The quantitative estimate of drug-likeness (QED) is 0.816. The van der Waals surface area contributed by atoms with Crippen molar-refractivity contribution in [2.24, 2.45) is 17.8 Å². The van der Waals surface area contributed by atoms with E-state index in [1.165, 1.54) is 0 Å². The highest BCUT2D eigenvalue weighted by Crippen LogP contribution is 2.52. The Balaban J connectivity index is 1.46. The van der Waals surface area contributed by atoms with Crippen molar-refractivity contribution in [3.63, 3.8) is 0 Å². The molecule has 4 atom stereocenters. The molecule has 1 aromatic heterocycles. The Morgan fingerprint density at radius 3 is 2.70 bits per heavy atom. The molecule has 0 radical (unpaired) electrons. The average molecular weight is 313 g/mol. The molecule has 5 rings (SSSR count). The van der Waals surface area contributed by atoms with Gasteiger partial charge in [0.05, 0.1) is 19.3 Å². The van der Waals surface area contributed by atoms with E-state index >= 15 is 0 Å². The van der Waals surface area contributed by atoms with Crippen molar-refractivity contribution in [1.82, 2.24) is 14.8 Å². The van der Waals surface area contributed by atoms with Crippen molar-refractivity contribution in [2.75, 3.05) is 13.2 Å². The predicted molar refractivity (Wildman–Crippen MR) is 78.7 cm³/mol. The molecular weight excluding hydrogens is 297 g/mol. The van der Waals surface area contributed by atoms with Crippen LogP contribution in [0, 0.1) is 17.8 Å². The Hall–Kier alpha value is -2.08. The average Bonchev–Trinajstić information content (AvgIpc) is 2.97. The van der Waals surface area contributed by atoms with Crippen molar-refractivity contribution in [3.05, 3.63) is 47.5 Å². The Kier molecular flexibility index (Phi) is 2.74. The molecule has 5 nitrogen and oxygen atoms in total. The van der Waals surface area contributed by atoms with Crippen LogP contribution in [0.5, 0.6) is 0 Å². The third kappa shape index (κ3) is 1.91. The van der Waals surface area contributed by atoms with Gasteiger partial charge >= 0.3 is 0 Å². The zero-order chi connectivity index (χ0) is 15.6. The summed E-state index contributed by atoms with van der Waals surface area (Å²) in [5, 5.41) is 4.36. The van der Waals surface area contributed by atoms with Gasteiger partial charge in [-0.1, -0.05) is 30.3 Å². The fraction of sp³-hybridized carbons (Fsp3) is 0.471. The molecule has 1 saturated carbocycles. The molecule has 2 aliphatic heterocycles. The Morgan fingerprint density at radius 1 is 1.22 bits per heavy atom. The Bertz CT molecular complexity index is 765. The lowest BCUT2D eigenvalue weighted by molar-refractivity contribution is 0.0882. The minimum atomic E-state index is -1.17. The van der Waals surface area contributed by atoms with Gasteiger partial charge in [-0.15, -0.1) is 5.10 Å². The zero-order valence-electron chi connectivity index (χ0n) is 12.4. The van der Waals surface area contributed by atoms with Crippen LogP contribution in [0.3, 0.4) is 0 Å². The van der Waals surface area contributed by atoms with Crippen LogP contribution in [0.2, 0.25) is 0 Å². The second-order valence-corrected chi connectivity index (χ2v) is 6.62. The number of carbonyl (C=O) groups excluding carboxylic acids is 1. The molecule has 0 bridgehead atoms. The van der Waals surface area contributed by atoms with E-state index < -0.39 is 6.17 Å². The maximum absolute atomic E-state index is 14.3. The fourth-order valence-electron chi connectivity index (χ4n) is 4.01. The molecule has 4 unspecified atom stereocenters. The molecule has 23 heavy (non-hydrogen) atoms. The summed E-state index contributed by atoms with van der Waals surface area (Å²) in [6.45, 7) is 1.29. The molecule has 2 fully saturated rings. The summed E-state index contributed by atoms with van der Waals surface area (Å²) in [6.07, 6.45) is -0.840. The standard InChI is InChI=1S/C17H16FN3O2/c18-12-6-13(9-4-2-1-3-5-9)21-17(12)19-16(20-21)15(22)14-10-7-23-8-11(10)14/h1-5,10-14H,6-8H2.